The molecule has 2 aromatic carbocycles. The minimum absolute atomic E-state index is 0.406. The molecule has 0 fully saturated rings. The molecule has 3 N–H and O–H groups in total. The lowest BCUT2D eigenvalue weighted by Crippen LogP contribution is -2.02. The van der Waals surface area contributed by atoms with Crippen LogP contribution in [0.2, 0.25) is 5.02 Å². The number of halogens is 1. The molecule has 0 aromatic heterocycles. The third-order valence-electron chi connectivity index (χ3n) is 2.58. The number of rotatable bonds is 3. The van der Waals surface area contributed by atoms with Crippen molar-refractivity contribution in [3.63, 3.8) is 0 Å². The predicted molar refractivity (Wildman–Crippen MR) is 76.9 cm³/mol. The van der Waals surface area contributed by atoms with E-state index in [0.717, 1.165) is 5.69 Å². The summed E-state index contributed by atoms with van der Waals surface area (Å²) in [4.78, 5) is 11.5. The fourth-order valence-corrected chi connectivity index (χ4v) is 1.75. The van der Waals surface area contributed by atoms with E-state index in [0.29, 0.717) is 22.0 Å². The first-order valence-corrected chi connectivity index (χ1v) is 5.98. The molecule has 0 unspecified atom stereocenters. The average Bonchev–Trinajstić information content (AvgIpc) is 2.43. The van der Waals surface area contributed by atoms with Crippen molar-refractivity contribution < 1.29 is 9.53 Å². The standard InChI is InChI=1S/C14H13ClN2O2/c1-19-14(18)9-2-7-12(15)13(8-9)17-11-5-3-10(16)4-6-11/h2-8,17H,16H2,1H3. The lowest BCUT2D eigenvalue weighted by molar-refractivity contribution is 0.0601. The van der Waals surface area contributed by atoms with Gasteiger partial charge in [0.15, 0.2) is 0 Å². The van der Waals surface area contributed by atoms with Crippen molar-refractivity contribution in [2.45, 2.75) is 0 Å². The first-order valence-electron chi connectivity index (χ1n) is 5.60. The van der Waals surface area contributed by atoms with Gasteiger partial charge in [-0.05, 0) is 42.5 Å². The molecule has 0 atom stereocenters. The summed E-state index contributed by atoms with van der Waals surface area (Å²) < 4.78 is 4.67. The first-order chi connectivity index (χ1) is 9.10. The summed E-state index contributed by atoms with van der Waals surface area (Å²) >= 11 is 6.09. The van der Waals surface area contributed by atoms with Gasteiger partial charge in [0, 0.05) is 11.4 Å². The van der Waals surface area contributed by atoms with E-state index in [9.17, 15) is 4.79 Å². The maximum atomic E-state index is 11.5. The van der Waals surface area contributed by atoms with Crippen LogP contribution in [0, 0.1) is 0 Å². The normalized spacial score (nSPS) is 10.0. The van der Waals surface area contributed by atoms with Crippen LogP contribution in [0.3, 0.4) is 0 Å². The second-order valence-electron chi connectivity index (χ2n) is 3.93. The molecule has 0 aliphatic rings. The third-order valence-corrected chi connectivity index (χ3v) is 2.91. The van der Waals surface area contributed by atoms with Gasteiger partial charge in [0.05, 0.1) is 23.4 Å². The lowest BCUT2D eigenvalue weighted by atomic mass is 10.2. The molecule has 0 spiro atoms. The number of nitrogens with two attached hydrogens (primary N) is 1. The summed E-state index contributed by atoms with van der Waals surface area (Å²) in [5, 5.41) is 3.64. The van der Waals surface area contributed by atoms with Crippen LogP contribution in [0.4, 0.5) is 17.1 Å². The van der Waals surface area contributed by atoms with E-state index in [1.807, 2.05) is 12.1 Å². The molecule has 0 heterocycles. The molecule has 0 aliphatic heterocycles. The molecular formula is C14H13ClN2O2. The highest BCUT2D eigenvalue weighted by Gasteiger charge is 2.09. The van der Waals surface area contributed by atoms with Crippen LogP contribution in [0.15, 0.2) is 42.5 Å². The van der Waals surface area contributed by atoms with E-state index >= 15 is 0 Å². The van der Waals surface area contributed by atoms with Gasteiger partial charge in [-0.25, -0.2) is 4.79 Å². The Kier molecular flexibility index (Phi) is 3.92. The average molecular weight is 277 g/mol. The summed E-state index contributed by atoms with van der Waals surface area (Å²) in [5.41, 5.74) is 8.20. The van der Waals surface area contributed by atoms with Gasteiger partial charge in [0.1, 0.15) is 0 Å². The number of nitrogen functional groups attached to an aromatic ring is 1. The molecule has 2 aromatic rings. The van der Waals surface area contributed by atoms with Gasteiger partial charge >= 0.3 is 5.97 Å². The van der Waals surface area contributed by atoms with Crippen LogP contribution in [-0.2, 0) is 4.74 Å². The summed E-state index contributed by atoms with van der Waals surface area (Å²) in [6.45, 7) is 0. The number of anilines is 3. The zero-order chi connectivity index (χ0) is 13.8. The van der Waals surface area contributed by atoms with E-state index in [-0.39, 0.29) is 0 Å². The van der Waals surface area contributed by atoms with Crippen LogP contribution in [-0.4, -0.2) is 13.1 Å². The Morgan fingerprint density at radius 3 is 2.53 bits per heavy atom. The summed E-state index contributed by atoms with van der Waals surface area (Å²) in [5.74, 6) is -0.406. The van der Waals surface area contributed by atoms with Crippen LogP contribution in [0.5, 0.6) is 0 Å². The van der Waals surface area contributed by atoms with Gasteiger partial charge in [-0.1, -0.05) is 11.6 Å². The molecule has 5 heteroatoms. The largest absolute Gasteiger partial charge is 0.465 e. The summed E-state index contributed by atoms with van der Waals surface area (Å²) in [6.07, 6.45) is 0. The molecular weight excluding hydrogens is 264 g/mol. The second-order valence-corrected chi connectivity index (χ2v) is 4.34. The lowest BCUT2D eigenvalue weighted by Gasteiger charge is -2.10. The van der Waals surface area contributed by atoms with Crippen LogP contribution in [0.1, 0.15) is 10.4 Å². The van der Waals surface area contributed by atoms with Gasteiger partial charge < -0.3 is 15.8 Å². The highest BCUT2D eigenvalue weighted by molar-refractivity contribution is 6.33. The Bertz CT molecular complexity index is 597. The number of carbonyl (C=O) groups excluding carboxylic acids is 1. The van der Waals surface area contributed by atoms with E-state index in [4.69, 9.17) is 17.3 Å². The molecule has 0 aliphatic carbocycles. The van der Waals surface area contributed by atoms with Crippen molar-refractivity contribution >= 4 is 34.6 Å². The van der Waals surface area contributed by atoms with Crippen molar-refractivity contribution in [3.8, 4) is 0 Å². The monoisotopic (exact) mass is 276 g/mol. The molecule has 4 nitrogen and oxygen atoms in total. The zero-order valence-electron chi connectivity index (χ0n) is 10.3. The number of ether oxygens (including phenoxy) is 1. The van der Waals surface area contributed by atoms with E-state index in [2.05, 4.69) is 10.1 Å². The van der Waals surface area contributed by atoms with Gasteiger partial charge in [0.25, 0.3) is 0 Å². The van der Waals surface area contributed by atoms with Gasteiger partial charge in [-0.15, -0.1) is 0 Å². The molecule has 2 rings (SSSR count). The fourth-order valence-electron chi connectivity index (χ4n) is 1.59. The highest BCUT2D eigenvalue weighted by Crippen LogP contribution is 2.27. The predicted octanol–water partition coefficient (Wildman–Crippen LogP) is 3.45. The van der Waals surface area contributed by atoms with Gasteiger partial charge in [0.2, 0.25) is 0 Å². The number of methoxy groups -OCH3 is 1. The number of nitrogens with one attached hydrogen (secondary N) is 1. The Morgan fingerprint density at radius 1 is 1.21 bits per heavy atom. The number of esters is 1. The topological polar surface area (TPSA) is 64.3 Å². The maximum absolute atomic E-state index is 11.5. The number of carbonyl (C=O) groups is 1. The van der Waals surface area contributed by atoms with Gasteiger partial charge in [-0.3, -0.25) is 0 Å². The van der Waals surface area contributed by atoms with Crippen molar-refractivity contribution in [3.05, 3.63) is 53.1 Å². The van der Waals surface area contributed by atoms with Gasteiger partial charge in [-0.2, -0.15) is 0 Å². The maximum Gasteiger partial charge on any atom is 0.337 e. The SMILES string of the molecule is COC(=O)c1ccc(Cl)c(Nc2ccc(N)cc2)c1. The molecule has 0 amide bonds. The Balaban J connectivity index is 2.28. The zero-order valence-corrected chi connectivity index (χ0v) is 11.1. The molecule has 98 valence electrons. The quantitative estimate of drug-likeness (QED) is 0.666. The Labute approximate surface area is 116 Å². The molecule has 0 bridgehead atoms. The number of benzene rings is 2. The smallest absolute Gasteiger partial charge is 0.337 e. The van der Waals surface area contributed by atoms with Crippen LogP contribution < -0.4 is 11.1 Å². The molecule has 0 saturated heterocycles. The highest BCUT2D eigenvalue weighted by atomic mass is 35.5. The third kappa shape index (κ3) is 3.17. The summed E-state index contributed by atoms with van der Waals surface area (Å²) in [7, 11) is 1.34. The number of hydrogen-bond donors (Lipinski definition) is 2. The fraction of sp³-hybridized carbons (Fsp3) is 0.0714. The molecule has 0 saturated carbocycles. The second kappa shape index (κ2) is 5.63. The van der Waals surface area contributed by atoms with Crippen molar-refractivity contribution in [1.29, 1.82) is 0 Å². The van der Waals surface area contributed by atoms with E-state index < -0.39 is 5.97 Å². The Morgan fingerprint density at radius 2 is 1.89 bits per heavy atom. The molecule has 19 heavy (non-hydrogen) atoms. The minimum atomic E-state index is -0.406. The van der Waals surface area contributed by atoms with Crippen LogP contribution in [0.25, 0.3) is 0 Å². The Hall–Kier alpha value is -2.20. The van der Waals surface area contributed by atoms with Crippen molar-refractivity contribution in [2.75, 3.05) is 18.2 Å². The van der Waals surface area contributed by atoms with E-state index in [1.165, 1.54) is 7.11 Å². The van der Waals surface area contributed by atoms with E-state index in [1.54, 1.807) is 30.3 Å². The van der Waals surface area contributed by atoms with Crippen molar-refractivity contribution in [1.82, 2.24) is 0 Å². The summed E-state index contributed by atoms with van der Waals surface area (Å²) in [6, 6.07) is 12.1. The van der Waals surface area contributed by atoms with Crippen molar-refractivity contribution in [2.24, 2.45) is 0 Å². The molecule has 0 radical (unpaired) electrons. The minimum Gasteiger partial charge on any atom is -0.465 e. The number of hydrogen-bond acceptors (Lipinski definition) is 4. The first kappa shape index (κ1) is 13.2. The van der Waals surface area contributed by atoms with Crippen LogP contribution >= 0.6 is 11.6 Å².